The van der Waals surface area contributed by atoms with E-state index in [4.69, 9.17) is 5.11 Å². The third-order valence-electron chi connectivity index (χ3n) is 9.77. The Balaban J connectivity index is 1.36. The van der Waals surface area contributed by atoms with Gasteiger partial charge in [0, 0.05) is 36.6 Å². The third kappa shape index (κ3) is 15.1. The van der Waals surface area contributed by atoms with Crippen molar-refractivity contribution in [1.29, 1.82) is 0 Å². The number of amides is 6. The van der Waals surface area contributed by atoms with Crippen molar-refractivity contribution in [2.24, 2.45) is 0 Å². The summed E-state index contributed by atoms with van der Waals surface area (Å²) in [5.41, 5.74) is 3.93. The van der Waals surface area contributed by atoms with Crippen LogP contribution in [0.2, 0.25) is 0 Å². The van der Waals surface area contributed by atoms with Gasteiger partial charge in [-0.25, -0.2) is 0 Å². The zero-order chi connectivity index (χ0) is 43.6. The van der Waals surface area contributed by atoms with Gasteiger partial charge in [0.2, 0.25) is 35.4 Å². The van der Waals surface area contributed by atoms with E-state index in [0.717, 1.165) is 11.1 Å². The minimum absolute atomic E-state index is 0.0143. The number of thioether (sulfide) groups is 1. The van der Waals surface area contributed by atoms with Gasteiger partial charge in [-0.1, -0.05) is 109 Å². The number of carbonyl (C=O) groups is 7. The maximum atomic E-state index is 14.4. The number of carbonyl (C=O) groups excluding carboxylic acids is 6. The number of para-hydroxylation sites is 1. The van der Waals surface area contributed by atoms with Crippen LogP contribution in [0.5, 0.6) is 0 Å². The number of rotatable bonds is 21. The Hall–Kier alpha value is -6.74. The van der Waals surface area contributed by atoms with Crippen LogP contribution in [0.1, 0.15) is 43.7 Å². The van der Waals surface area contributed by atoms with Crippen molar-refractivity contribution in [3.63, 3.8) is 0 Å². The number of nitrogens with one attached hydrogen (secondary N) is 6. The average Bonchev–Trinajstić information content (AvgIpc) is 3.78. The molecule has 0 aliphatic carbocycles. The van der Waals surface area contributed by atoms with Gasteiger partial charge in [-0.3, -0.25) is 33.6 Å². The molecule has 0 fully saturated rings. The van der Waals surface area contributed by atoms with Crippen LogP contribution >= 0.6 is 11.8 Å². The van der Waals surface area contributed by atoms with Crippen molar-refractivity contribution >= 4 is 58.9 Å². The molecule has 318 valence electrons. The second-order valence-electron chi connectivity index (χ2n) is 14.6. The van der Waals surface area contributed by atoms with Gasteiger partial charge in [0.25, 0.3) is 0 Å². The molecular formula is C46H50N6O8S. The van der Waals surface area contributed by atoms with Crippen molar-refractivity contribution in [3.05, 3.63) is 138 Å². The number of benzene rings is 4. The largest absolute Gasteiger partial charge is 0.480 e. The van der Waals surface area contributed by atoms with E-state index in [-0.39, 0.29) is 43.3 Å². The molecule has 6 amide bonds. The van der Waals surface area contributed by atoms with Crippen LogP contribution in [0, 0.1) is 0 Å². The molecule has 1 aliphatic rings. The molecule has 1 heterocycles. The Bertz CT molecular complexity index is 2150. The van der Waals surface area contributed by atoms with Gasteiger partial charge in [0.15, 0.2) is 0 Å². The number of hydrogen-bond donors (Lipinski definition) is 7. The fraction of sp³-hybridized carbons (Fsp3) is 0.283. The van der Waals surface area contributed by atoms with Crippen LogP contribution in [0.3, 0.4) is 0 Å². The molecule has 4 aromatic rings. The summed E-state index contributed by atoms with van der Waals surface area (Å²) in [5, 5.41) is 26.9. The number of carboxylic acids is 1. The topological polar surface area (TPSA) is 212 Å². The molecule has 7 N–H and O–H groups in total. The standard InChI is InChI=1S/C46H50N6O8S/c1-30(43(57)47-29-42(55)56)48-44(58)37(26-31-12-5-2-6-13-31)51-45(59)38(27-32-19-21-34(22-20-32)33-14-7-3-8-15-33)52-46(60)39(28-36-18-11-25-61-36)50-41(54)24-23-40(53)49-35-16-9-4-10-17-35/h2-17,19-22,25,30,36-39H,18,23-24,26-29H2,1H3,(H,47,57)(H,48,58)(H,49,53)(H,50,54)(H,51,59)(H,52,60)(H,55,56)/t30-,36?,37+,38-,39+/m0/s1. The van der Waals surface area contributed by atoms with E-state index in [2.05, 4.69) is 31.9 Å². The van der Waals surface area contributed by atoms with Gasteiger partial charge in [0.1, 0.15) is 30.7 Å². The maximum absolute atomic E-state index is 14.4. The third-order valence-corrected chi connectivity index (χ3v) is 10.9. The molecule has 4 aromatic carbocycles. The summed E-state index contributed by atoms with van der Waals surface area (Å²) in [6.07, 6.45) is 2.63. The summed E-state index contributed by atoms with van der Waals surface area (Å²) in [6, 6.07) is 30.3. The normalized spacial score (nSPS) is 14.9. The van der Waals surface area contributed by atoms with Gasteiger partial charge in [-0.05, 0) is 59.6 Å². The molecule has 1 unspecified atom stereocenters. The lowest BCUT2D eigenvalue weighted by atomic mass is 9.99. The smallest absolute Gasteiger partial charge is 0.322 e. The highest BCUT2D eigenvalue weighted by Crippen LogP contribution is 2.28. The van der Waals surface area contributed by atoms with Crippen LogP contribution in [0.15, 0.2) is 127 Å². The molecule has 1 aliphatic heterocycles. The first kappa shape index (κ1) is 45.3. The lowest BCUT2D eigenvalue weighted by Gasteiger charge is -2.27. The van der Waals surface area contributed by atoms with Gasteiger partial charge >= 0.3 is 5.97 Å². The second-order valence-corrected chi connectivity index (χ2v) is 15.8. The van der Waals surface area contributed by atoms with Crippen LogP contribution in [-0.2, 0) is 46.4 Å². The zero-order valence-corrected chi connectivity index (χ0v) is 34.5. The summed E-state index contributed by atoms with van der Waals surface area (Å²) < 4.78 is 0. The van der Waals surface area contributed by atoms with Gasteiger partial charge in [0.05, 0.1) is 0 Å². The lowest BCUT2D eigenvalue weighted by molar-refractivity contribution is -0.138. The summed E-state index contributed by atoms with van der Waals surface area (Å²) in [6.45, 7) is 0.749. The summed E-state index contributed by atoms with van der Waals surface area (Å²) in [7, 11) is 0. The molecule has 0 aromatic heterocycles. The fourth-order valence-corrected chi connectivity index (χ4v) is 7.49. The molecule has 14 nitrogen and oxygen atoms in total. The molecule has 61 heavy (non-hydrogen) atoms. The van der Waals surface area contributed by atoms with Gasteiger partial charge in [-0.15, -0.1) is 11.8 Å². The van der Waals surface area contributed by atoms with Crippen LogP contribution in [0.4, 0.5) is 5.69 Å². The highest BCUT2D eigenvalue weighted by molar-refractivity contribution is 8.03. The van der Waals surface area contributed by atoms with Crippen LogP contribution in [-0.4, -0.2) is 82.5 Å². The summed E-state index contributed by atoms with van der Waals surface area (Å²) >= 11 is 1.53. The van der Waals surface area contributed by atoms with Crippen LogP contribution in [0.25, 0.3) is 11.1 Å². The van der Waals surface area contributed by atoms with Crippen molar-refractivity contribution in [1.82, 2.24) is 26.6 Å². The number of carboxylic acid groups (broad SMARTS) is 1. The molecule has 5 rings (SSSR count). The minimum Gasteiger partial charge on any atom is -0.480 e. The molecular weight excluding hydrogens is 797 g/mol. The lowest BCUT2D eigenvalue weighted by Crippen LogP contribution is -2.59. The predicted octanol–water partition coefficient (Wildman–Crippen LogP) is 4.13. The fourth-order valence-electron chi connectivity index (χ4n) is 6.52. The zero-order valence-electron chi connectivity index (χ0n) is 33.7. The van der Waals surface area contributed by atoms with E-state index in [0.29, 0.717) is 23.2 Å². The Labute approximate surface area is 358 Å². The molecule has 0 radical (unpaired) electrons. The number of anilines is 1. The molecule has 0 spiro atoms. The number of allylic oxidation sites excluding steroid dienone is 1. The van der Waals surface area contributed by atoms with Gasteiger partial charge < -0.3 is 37.0 Å². The van der Waals surface area contributed by atoms with Crippen molar-refractivity contribution in [2.45, 2.75) is 74.9 Å². The predicted molar refractivity (Wildman–Crippen MR) is 234 cm³/mol. The van der Waals surface area contributed by atoms with E-state index in [1.807, 2.05) is 72.1 Å². The maximum Gasteiger partial charge on any atom is 0.322 e. The van der Waals surface area contributed by atoms with E-state index in [1.54, 1.807) is 54.6 Å². The number of hydrogen-bond acceptors (Lipinski definition) is 8. The summed E-state index contributed by atoms with van der Waals surface area (Å²) in [5.74, 6) is -4.89. The van der Waals surface area contributed by atoms with Crippen molar-refractivity contribution in [2.75, 3.05) is 11.9 Å². The monoisotopic (exact) mass is 846 g/mol. The quantitative estimate of drug-likeness (QED) is 0.0642. The first-order valence-corrected chi connectivity index (χ1v) is 20.9. The minimum atomic E-state index is -1.25. The first-order chi connectivity index (χ1) is 29.4. The van der Waals surface area contributed by atoms with E-state index < -0.39 is 66.2 Å². The van der Waals surface area contributed by atoms with Crippen molar-refractivity contribution in [3.8, 4) is 11.1 Å². The number of aliphatic carboxylic acids is 1. The van der Waals surface area contributed by atoms with E-state index >= 15 is 0 Å². The second kappa shape index (κ2) is 23.2. The molecule has 5 atom stereocenters. The molecule has 0 bridgehead atoms. The van der Waals surface area contributed by atoms with E-state index in [1.165, 1.54) is 18.7 Å². The Kier molecular flexibility index (Phi) is 17.2. The molecule has 15 heteroatoms. The first-order valence-electron chi connectivity index (χ1n) is 20.0. The Morgan fingerprint density at radius 2 is 1.13 bits per heavy atom. The molecule has 0 saturated carbocycles. The Morgan fingerprint density at radius 1 is 0.607 bits per heavy atom. The average molecular weight is 847 g/mol. The van der Waals surface area contributed by atoms with Crippen LogP contribution < -0.4 is 31.9 Å². The highest BCUT2D eigenvalue weighted by Gasteiger charge is 2.32. The van der Waals surface area contributed by atoms with Crippen molar-refractivity contribution < 1.29 is 38.7 Å². The van der Waals surface area contributed by atoms with Gasteiger partial charge in [-0.2, -0.15) is 0 Å². The molecule has 0 saturated heterocycles. The SMILES string of the molecule is C[C@H](NC(=O)[C@@H](Cc1ccccc1)NC(=O)[C@H](Cc1ccc(-c2ccccc2)cc1)NC(=O)[C@@H](CC1CC=CS1)NC(=O)CCC(=O)Nc1ccccc1)C(=O)NCC(=O)O. The highest BCUT2D eigenvalue weighted by atomic mass is 32.2. The summed E-state index contributed by atoms with van der Waals surface area (Å²) in [4.78, 5) is 91.9. The Morgan fingerprint density at radius 3 is 1.72 bits per heavy atom. The van der Waals surface area contributed by atoms with E-state index in [9.17, 15) is 33.6 Å².